The Labute approximate surface area is 177 Å². The van der Waals surface area contributed by atoms with Crippen LogP contribution in [0, 0.1) is 13.8 Å². The zero-order valence-corrected chi connectivity index (χ0v) is 18.3. The first kappa shape index (κ1) is 20.4. The molecule has 0 bridgehead atoms. The number of aryl methyl sites for hydroxylation is 4. The Morgan fingerprint density at radius 3 is 2.57 bits per heavy atom. The molecule has 0 spiro atoms. The molecule has 2 N–H and O–H groups in total. The Morgan fingerprint density at radius 2 is 1.87 bits per heavy atom. The van der Waals surface area contributed by atoms with Crippen LogP contribution in [0.15, 0.2) is 53.4 Å². The van der Waals surface area contributed by atoms with Crippen LogP contribution in [0.2, 0.25) is 0 Å². The van der Waals surface area contributed by atoms with Crippen LogP contribution < -0.4 is 5.32 Å². The summed E-state index contributed by atoms with van der Waals surface area (Å²) >= 11 is 0. The summed E-state index contributed by atoms with van der Waals surface area (Å²) in [5, 5.41) is 3.13. The van der Waals surface area contributed by atoms with Gasteiger partial charge in [-0.05, 0) is 73.6 Å². The molecule has 30 heavy (non-hydrogen) atoms. The SMILES string of the molecule is Cc1ccc(C(NC(=O)c2cc3c([nH]2)CCC3)c2cccc(S(C)(=O)=O)c2)c(C)c1. The summed E-state index contributed by atoms with van der Waals surface area (Å²) in [5.74, 6) is -0.195. The molecule has 1 aromatic heterocycles. The third-order valence-corrected chi connectivity index (χ3v) is 6.85. The van der Waals surface area contributed by atoms with Crippen LogP contribution in [0.4, 0.5) is 0 Å². The summed E-state index contributed by atoms with van der Waals surface area (Å²) in [6.07, 6.45) is 4.28. The van der Waals surface area contributed by atoms with Gasteiger partial charge in [-0.3, -0.25) is 4.79 Å². The molecule has 0 radical (unpaired) electrons. The maximum Gasteiger partial charge on any atom is 0.268 e. The van der Waals surface area contributed by atoms with E-state index < -0.39 is 15.9 Å². The molecule has 0 fully saturated rings. The van der Waals surface area contributed by atoms with Crippen LogP contribution in [-0.2, 0) is 22.7 Å². The van der Waals surface area contributed by atoms with Gasteiger partial charge in [-0.1, -0.05) is 35.9 Å². The van der Waals surface area contributed by atoms with Crippen molar-refractivity contribution in [3.05, 3.63) is 87.7 Å². The molecular weight excluding hydrogens is 396 g/mol. The number of benzene rings is 2. The molecule has 5 nitrogen and oxygen atoms in total. The summed E-state index contributed by atoms with van der Waals surface area (Å²) in [6, 6.07) is 14.3. The van der Waals surface area contributed by atoms with E-state index in [1.54, 1.807) is 18.2 Å². The lowest BCUT2D eigenvalue weighted by Crippen LogP contribution is -2.30. The minimum Gasteiger partial charge on any atom is -0.354 e. The lowest BCUT2D eigenvalue weighted by molar-refractivity contribution is 0.0938. The van der Waals surface area contributed by atoms with Crippen molar-refractivity contribution in [1.82, 2.24) is 10.3 Å². The van der Waals surface area contributed by atoms with Gasteiger partial charge in [0.05, 0.1) is 10.9 Å². The molecule has 0 saturated heterocycles. The minimum absolute atomic E-state index is 0.195. The van der Waals surface area contributed by atoms with E-state index in [9.17, 15) is 13.2 Å². The van der Waals surface area contributed by atoms with Gasteiger partial charge < -0.3 is 10.3 Å². The molecule has 1 amide bonds. The van der Waals surface area contributed by atoms with Crippen molar-refractivity contribution < 1.29 is 13.2 Å². The van der Waals surface area contributed by atoms with E-state index in [0.29, 0.717) is 5.69 Å². The number of carbonyl (C=O) groups is 1. The normalized spacial score (nSPS) is 14.4. The maximum atomic E-state index is 13.1. The largest absolute Gasteiger partial charge is 0.354 e. The Kier molecular flexibility index (Phi) is 5.28. The highest BCUT2D eigenvalue weighted by Gasteiger charge is 2.23. The van der Waals surface area contributed by atoms with Crippen LogP contribution in [0.25, 0.3) is 0 Å². The molecule has 2 aromatic carbocycles. The van der Waals surface area contributed by atoms with Crippen LogP contribution in [-0.4, -0.2) is 25.6 Å². The lowest BCUT2D eigenvalue weighted by Gasteiger charge is -2.22. The van der Waals surface area contributed by atoms with Crippen LogP contribution in [0.5, 0.6) is 0 Å². The smallest absolute Gasteiger partial charge is 0.268 e. The number of H-pyrrole nitrogens is 1. The molecule has 0 aliphatic heterocycles. The standard InChI is InChI=1S/C24H26N2O3S/c1-15-10-11-20(16(2)12-15)23(18-7-4-8-19(13-18)30(3,28)29)26-24(27)22-14-17-6-5-9-21(17)25-22/h4,7-8,10-14,23,25H,5-6,9H2,1-3H3,(H,26,27). The summed E-state index contributed by atoms with van der Waals surface area (Å²) in [7, 11) is -3.36. The number of hydrogen-bond acceptors (Lipinski definition) is 3. The van der Waals surface area contributed by atoms with Gasteiger partial charge in [0, 0.05) is 11.9 Å². The molecule has 3 aromatic rings. The van der Waals surface area contributed by atoms with E-state index in [1.165, 1.54) is 11.8 Å². The second-order valence-electron chi connectivity index (χ2n) is 8.15. The average Bonchev–Trinajstić information content (AvgIpc) is 3.28. The number of nitrogens with one attached hydrogen (secondary N) is 2. The number of aromatic amines is 1. The predicted molar refractivity (Wildman–Crippen MR) is 118 cm³/mol. The number of aromatic nitrogens is 1. The van der Waals surface area contributed by atoms with Gasteiger partial charge in [-0.15, -0.1) is 0 Å². The molecule has 4 rings (SSSR count). The van der Waals surface area contributed by atoms with Crippen molar-refractivity contribution in [3.8, 4) is 0 Å². The molecule has 1 aliphatic rings. The molecule has 6 heteroatoms. The van der Waals surface area contributed by atoms with Crippen LogP contribution in [0.1, 0.15) is 56.5 Å². The zero-order chi connectivity index (χ0) is 21.5. The topological polar surface area (TPSA) is 79.0 Å². The fourth-order valence-corrected chi connectivity index (χ4v) is 4.86. The third kappa shape index (κ3) is 4.05. The molecular formula is C24H26N2O3S. The second-order valence-corrected chi connectivity index (χ2v) is 10.2. The zero-order valence-electron chi connectivity index (χ0n) is 17.5. The third-order valence-electron chi connectivity index (χ3n) is 5.74. The van der Waals surface area contributed by atoms with Gasteiger partial charge in [-0.25, -0.2) is 8.42 Å². The number of hydrogen-bond donors (Lipinski definition) is 2. The van der Waals surface area contributed by atoms with Crippen LogP contribution in [0.3, 0.4) is 0 Å². The monoisotopic (exact) mass is 422 g/mol. The molecule has 156 valence electrons. The summed E-state index contributed by atoms with van der Waals surface area (Å²) in [4.78, 5) is 16.6. The molecule has 0 saturated carbocycles. The van der Waals surface area contributed by atoms with Crippen molar-refractivity contribution in [2.45, 2.75) is 44.0 Å². The fraction of sp³-hybridized carbons (Fsp3) is 0.292. The van der Waals surface area contributed by atoms with Gasteiger partial charge in [0.1, 0.15) is 5.69 Å². The predicted octanol–water partition coefficient (Wildman–Crippen LogP) is 4.04. The first-order chi connectivity index (χ1) is 14.2. The molecule has 1 atom stereocenters. The van der Waals surface area contributed by atoms with Crippen LogP contribution >= 0.6 is 0 Å². The van der Waals surface area contributed by atoms with Crippen molar-refractivity contribution in [2.24, 2.45) is 0 Å². The maximum absolute atomic E-state index is 13.1. The van der Waals surface area contributed by atoms with Gasteiger partial charge in [0.2, 0.25) is 0 Å². The van der Waals surface area contributed by atoms with E-state index in [4.69, 9.17) is 0 Å². The highest BCUT2D eigenvalue weighted by Crippen LogP contribution is 2.29. The van der Waals surface area contributed by atoms with E-state index in [1.807, 2.05) is 38.1 Å². The van der Waals surface area contributed by atoms with E-state index in [-0.39, 0.29) is 10.8 Å². The van der Waals surface area contributed by atoms with Gasteiger partial charge in [-0.2, -0.15) is 0 Å². The van der Waals surface area contributed by atoms with Crippen molar-refractivity contribution in [3.63, 3.8) is 0 Å². The summed E-state index contributed by atoms with van der Waals surface area (Å²) < 4.78 is 24.2. The fourth-order valence-electron chi connectivity index (χ4n) is 4.19. The van der Waals surface area contributed by atoms with Crippen molar-refractivity contribution >= 4 is 15.7 Å². The number of sulfone groups is 1. The Balaban J connectivity index is 1.74. The molecule has 1 aliphatic carbocycles. The van der Waals surface area contributed by atoms with E-state index >= 15 is 0 Å². The van der Waals surface area contributed by atoms with Gasteiger partial charge in [0.25, 0.3) is 5.91 Å². The molecule has 1 unspecified atom stereocenters. The first-order valence-electron chi connectivity index (χ1n) is 10.1. The van der Waals surface area contributed by atoms with Gasteiger partial charge in [0.15, 0.2) is 9.84 Å². The van der Waals surface area contributed by atoms with E-state index in [0.717, 1.165) is 47.2 Å². The second kappa shape index (κ2) is 7.76. The minimum atomic E-state index is -3.36. The highest BCUT2D eigenvalue weighted by atomic mass is 32.2. The Hall–Kier alpha value is -2.86. The number of fused-ring (bicyclic) bond motifs is 1. The number of rotatable bonds is 5. The van der Waals surface area contributed by atoms with Crippen molar-refractivity contribution in [1.29, 1.82) is 0 Å². The lowest BCUT2D eigenvalue weighted by atomic mass is 9.93. The van der Waals surface area contributed by atoms with Gasteiger partial charge >= 0.3 is 0 Å². The summed E-state index contributed by atoms with van der Waals surface area (Å²) in [6.45, 7) is 4.03. The first-order valence-corrected chi connectivity index (χ1v) is 12.0. The quantitative estimate of drug-likeness (QED) is 0.651. The highest BCUT2D eigenvalue weighted by molar-refractivity contribution is 7.90. The molecule has 1 heterocycles. The Morgan fingerprint density at radius 1 is 1.07 bits per heavy atom. The summed E-state index contributed by atoms with van der Waals surface area (Å²) in [5.41, 5.74) is 6.75. The van der Waals surface area contributed by atoms with Crippen molar-refractivity contribution in [2.75, 3.05) is 6.26 Å². The number of carbonyl (C=O) groups excluding carboxylic acids is 1. The Bertz CT molecular complexity index is 1200. The van der Waals surface area contributed by atoms with E-state index in [2.05, 4.69) is 16.4 Å². The number of amides is 1. The average molecular weight is 423 g/mol.